The zero-order valence-corrected chi connectivity index (χ0v) is 11.1. The number of carbonyl (C=O) groups is 2. The van der Waals surface area contributed by atoms with Gasteiger partial charge in [0, 0.05) is 5.56 Å². The lowest BCUT2D eigenvalue weighted by Gasteiger charge is -2.03. The zero-order valence-electron chi connectivity index (χ0n) is 11.1. The Bertz CT molecular complexity index is 640. The molecule has 4 nitrogen and oxygen atoms in total. The van der Waals surface area contributed by atoms with Crippen LogP contribution in [0.15, 0.2) is 34.7 Å². The molecule has 0 atom stereocenters. The number of esters is 1. The third-order valence-electron chi connectivity index (χ3n) is 2.76. The molecule has 0 aliphatic heterocycles. The second-order valence-electron chi connectivity index (χ2n) is 4.33. The predicted octanol–water partition coefficient (Wildman–Crippen LogP) is 3.08. The van der Waals surface area contributed by atoms with Gasteiger partial charge in [0.25, 0.3) is 0 Å². The molecule has 0 aliphatic rings. The Balaban J connectivity index is 1.98. The quantitative estimate of drug-likeness (QED) is 0.636. The van der Waals surface area contributed by atoms with E-state index in [1.807, 2.05) is 0 Å². The summed E-state index contributed by atoms with van der Waals surface area (Å²) in [6.45, 7) is 2.97. The second-order valence-corrected chi connectivity index (χ2v) is 4.33. The molecule has 0 saturated heterocycles. The van der Waals surface area contributed by atoms with Crippen molar-refractivity contribution in [2.75, 3.05) is 6.61 Å². The highest BCUT2D eigenvalue weighted by molar-refractivity contribution is 5.99. The fraction of sp³-hybridized carbons (Fsp3) is 0.200. The van der Waals surface area contributed by atoms with E-state index in [1.54, 1.807) is 19.9 Å². The topological polar surface area (TPSA) is 56.5 Å². The molecule has 5 heteroatoms. The Hall–Kier alpha value is -2.43. The van der Waals surface area contributed by atoms with Crippen LogP contribution in [0.1, 0.15) is 32.2 Å². The third-order valence-corrected chi connectivity index (χ3v) is 2.76. The van der Waals surface area contributed by atoms with Gasteiger partial charge in [-0.2, -0.15) is 0 Å². The number of Topliss-reactive ketones (excluding diaryl/α,β-unsaturated/α-hetero) is 1. The van der Waals surface area contributed by atoms with E-state index in [4.69, 9.17) is 9.15 Å². The summed E-state index contributed by atoms with van der Waals surface area (Å²) in [7, 11) is 0. The summed E-state index contributed by atoms with van der Waals surface area (Å²) in [5.41, 5.74) is 0.591. The smallest absolute Gasteiger partial charge is 0.342 e. The van der Waals surface area contributed by atoms with E-state index in [0.717, 1.165) is 0 Å². The van der Waals surface area contributed by atoms with E-state index in [0.29, 0.717) is 22.6 Å². The minimum absolute atomic E-state index is 0.291. The van der Waals surface area contributed by atoms with Gasteiger partial charge < -0.3 is 9.15 Å². The van der Waals surface area contributed by atoms with Gasteiger partial charge in [-0.1, -0.05) is 0 Å². The molecule has 0 spiro atoms. The minimum Gasteiger partial charge on any atom is -0.466 e. The fourth-order valence-electron chi connectivity index (χ4n) is 1.76. The van der Waals surface area contributed by atoms with E-state index in [2.05, 4.69) is 0 Å². The van der Waals surface area contributed by atoms with Crippen molar-refractivity contribution in [2.45, 2.75) is 13.8 Å². The molecular weight excluding hydrogens is 263 g/mol. The van der Waals surface area contributed by atoms with Crippen molar-refractivity contribution in [3.8, 4) is 0 Å². The number of ether oxygens (including phenoxy) is 1. The second kappa shape index (κ2) is 5.69. The summed E-state index contributed by atoms with van der Waals surface area (Å²) in [6, 6.07) is 6.61. The minimum atomic E-state index is -0.616. The van der Waals surface area contributed by atoms with Crippen molar-refractivity contribution < 1.29 is 23.1 Å². The van der Waals surface area contributed by atoms with Crippen LogP contribution < -0.4 is 0 Å². The van der Waals surface area contributed by atoms with E-state index in [1.165, 1.54) is 24.3 Å². The normalized spacial score (nSPS) is 10.3. The first-order valence-electron chi connectivity index (χ1n) is 6.00. The lowest BCUT2D eigenvalue weighted by molar-refractivity contribution is 0.0473. The molecule has 0 amide bonds. The maximum atomic E-state index is 12.7. The van der Waals surface area contributed by atoms with Crippen LogP contribution in [0, 0.1) is 19.7 Å². The maximum absolute atomic E-state index is 12.7. The monoisotopic (exact) mass is 276 g/mol. The van der Waals surface area contributed by atoms with Gasteiger partial charge in [-0.05, 0) is 44.2 Å². The average Bonchev–Trinajstić information content (AvgIpc) is 2.75. The number of benzene rings is 1. The number of ketones is 1. The van der Waals surface area contributed by atoms with E-state index in [-0.39, 0.29) is 0 Å². The molecule has 0 fully saturated rings. The van der Waals surface area contributed by atoms with Crippen molar-refractivity contribution in [3.63, 3.8) is 0 Å². The van der Waals surface area contributed by atoms with E-state index in [9.17, 15) is 14.0 Å². The van der Waals surface area contributed by atoms with Crippen LogP contribution in [-0.4, -0.2) is 18.4 Å². The number of hydrogen-bond donors (Lipinski definition) is 0. The van der Waals surface area contributed by atoms with Gasteiger partial charge in [0.05, 0.1) is 0 Å². The molecule has 1 heterocycles. The summed E-state index contributed by atoms with van der Waals surface area (Å²) in [6.07, 6.45) is 0. The van der Waals surface area contributed by atoms with Gasteiger partial charge in [0.2, 0.25) is 0 Å². The van der Waals surface area contributed by atoms with Crippen molar-refractivity contribution in [1.82, 2.24) is 0 Å². The van der Waals surface area contributed by atoms with Gasteiger partial charge in [-0.15, -0.1) is 0 Å². The van der Waals surface area contributed by atoms with Gasteiger partial charge >= 0.3 is 5.97 Å². The number of hydrogen-bond acceptors (Lipinski definition) is 4. The maximum Gasteiger partial charge on any atom is 0.342 e. The van der Waals surface area contributed by atoms with Gasteiger partial charge in [-0.25, -0.2) is 9.18 Å². The molecule has 0 saturated carbocycles. The molecule has 0 aliphatic carbocycles. The Morgan fingerprint density at radius 3 is 2.40 bits per heavy atom. The molecule has 1 aromatic heterocycles. The number of carbonyl (C=O) groups excluding carboxylic acids is 2. The van der Waals surface area contributed by atoms with Crippen LogP contribution in [0.2, 0.25) is 0 Å². The first kappa shape index (κ1) is 14.0. The van der Waals surface area contributed by atoms with Gasteiger partial charge in [-0.3, -0.25) is 4.79 Å². The van der Waals surface area contributed by atoms with Crippen molar-refractivity contribution in [1.29, 1.82) is 0 Å². The van der Waals surface area contributed by atoms with Crippen LogP contribution in [0.5, 0.6) is 0 Å². The van der Waals surface area contributed by atoms with E-state index < -0.39 is 24.2 Å². The number of furan rings is 1. The Kier molecular flexibility index (Phi) is 3.98. The number of halogens is 1. The highest BCUT2D eigenvalue weighted by atomic mass is 19.1. The predicted molar refractivity (Wildman–Crippen MR) is 69.2 cm³/mol. The Morgan fingerprint density at radius 1 is 1.20 bits per heavy atom. The third kappa shape index (κ3) is 3.12. The summed E-state index contributed by atoms with van der Waals surface area (Å²) in [5.74, 6) is -0.393. The lowest BCUT2D eigenvalue weighted by atomic mass is 10.1. The first-order valence-corrected chi connectivity index (χ1v) is 6.00. The molecule has 0 unspecified atom stereocenters. The van der Waals surface area contributed by atoms with Crippen LogP contribution in [0.3, 0.4) is 0 Å². The molecule has 104 valence electrons. The zero-order chi connectivity index (χ0) is 14.7. The average molecular weight is 276 g/mol. The SMILES string of the molecule is Cc1cc(C(=O)OCC(=O)c2ccc(F)cc2)c(C)o1. The van der Waals surface area contributed by atoms with Crippen molar-refractivity contribution in [2.24, 2.45) is 0 Å². The van der Waals surface area contributed by atoms with E-state index >= 15 is 0 Å². The van der Waals surface area contributed by atoms with Crippen LogP contribution >= 0.6 is 0 Å². The van der Waals surface area contributed by atoms with Crippen LogP contribution in [0.25, 0.3) is 0 Å². The van der Waals surface area contributed by atoms with Crippen molar-refractivity contribution >= 4 is 11.8 Å². The van der Waals surface area contributed by atoms with Gasteiger partial charge in [0.1, 0.15) is 22.9 Å². The number of rotatable bonds is 4. The van der Waals surface area contributed by atoms with Crippen LogP contribution in [0.4, 0.5) is 4.39 Å². The molecule has 20 heavy (non-hydrogen) atoms. The largest absolute Gasteiger partial charge is 0.466 e. The van der Waals surface area contributed by atoms with Gasteiger partial charge in [0.15, 0.2) is 12.4 Å². The summed E-state index contributed by atoms with van der Waals surface area (Å²) >= 11 is 0. The Labute approximate surface area is 115 Å². The summed E-state index contributed by atoms with van der Waals surface area (Å²) in [4.78, 5) is 23.5. The number of aryl methyl sites for hydroxylation is 2. The molecule has 0 radical (unpaired) electrons. The molecule has 0 bridgehead atoms. The highest BCUT2D eigenvalue weighted by Gasteiger charge is 2.16. The molecule has 2 aromatic rings. The van der Waals surface area contributed by atoms with Crippen LogP contribution in [-0.2, 0) is 4.74 Å². The summed E-state index contributed by atoms with van der Waals surface area (Å²) < 4.78 is 22.9. The molecular formula is C15H13FO4. The molecule has 1 aromatic carbocycles. The highest BCUT2D eigenvalue weighted by Crippen LogP contribution is 2.15. The molecule has 0 N–H and O–H groups in total. The summed E-state index contributed by atoms with van der Waals surface area (Å²) in [5, 5.41) is 0. The lowest BCUT2D eigenvalue weighted by Crippen LogP contribution is -2.14. The first-order chi connectivity index (χ1) is 9.47. The fourth-order valence-corrected chi connectivity index (χ4v) is 1.76. The molecule has 2 rings (SSSR count). The van der Waals surface area contributed by atoms with Crippen molar-refractivity contribution in [3.05, 3.63) is 58.8 Å². The standard InChI is InChI=1S/C15H13FO4/c1-9-7-13(10(2)20-9)15(18)19-8-14(17)11-3-5-12(16)6-4-11/h3-7H,8H2,1-2H3. The Morgan fingerprint density at radius 2 is 1.85 bits per heavy atom.